The molecule has 0 unspecified atom stereocenters. The van der Waals surface area contributed by atoms with Crippen molar-refractivity contribution in [2.75, 3.05) is 26.7 Å². The molecule has 0 aromatic heterocycles. The fourth-order valence-corrected chi connectivity index (χ4v) is 5.29. The highest BCUT2D eigenvalue weighted by atomic mass is 16.2. The van der Waals surface area contributed by atoms with Gasteiger partial charge >= 0.3 is 6.03 Å². The first-order valence-electron chi connectivity index (χ1n) is 9.66. The second-order valence-corrected chi connectivity index (χ2v) is 8.10. The molecule has 0 aromatic carbocycles. The van der Waals surface area contributed by atoms with Gasteiger partial charge in [-0.3, -0.25) is 14.5 Å². The van der Waals surface area contributed by atoms with E-state index in [1.165, 1.54) is 6.42 Å². The molecule has 0 bridgehead atoms. The maximum atomic E-state index is 12.9. The number of carbonyl (C=O) groups is 3. The summed E-state index contributed by atoms with van der Waals surface area (Å²) in [7, 11) is 2.12. The number of likely N-dealkylation sites (N-methyl/N-ethyl adjacent to an activating group) is 1. The molecule has 138 valence electrons. The van der Waals surface area contributed by atoms with E-state index in [0.717, 1.165) is 50.1 Å². The van der Waals surface area contributed by atoms with E-state index in [1.54, 1.807) is 0 Å². The highest BCUT2D eigenvalue weighted by molar-refractivity contribution is 6.09. The van der Waals surface area contributed by atoms with Crippen molar-refractivity contribution in [3.63, 3.8) is 0 Å². The summed E-state index contributed by atoms with van der Waals surface area (Å²) in [6.07, 6.45) is 7.62. The van der Waals surface area contributed by atoms with E-state index in [9.17, 15) is 14.4 Å². The van der Waals surface area contributed by atoms with E-state index in [-0.39, 0.29) is 24.4 Å². The Morgan fingerprint density at radius 3 is 2.44 bits per heavy atom. The SMILES string of the molecule is CN1CCC[C@H]1[C@@H]1CCCN1C(=O)CN1C(=O)NC2(CCCC2)C1=O. The summed E-state index contributed by atoms with van der Waals surface area (Å²) < 4.78 is 0. The zero-order valence-corrected chi connectivity index (χ0v) is 15.0. The third-order valence-electron chi connectivity index (χ3n) is 6.64. The summed E-state index contributed by atoms with van der Waals surface area (Å²) in [5, 5.41) is 2.86. The van der Waals surface area contributed by atoms with Gasteiger partial charge in [0.25, 0.3) is 5.91 Å². The quantitative estimate of drug-likeness (QED) is 0.771. The van der Waals surface area contributed by atoms with E-state index < -0.39 is 11.6 Å². The molecule has 3 heterocycles. The maximum Gasteiger partial charge on any atom is 0.325 e. The Balaban J connectivity index is 1.44. The van der Waals surface area contributed by atoms with Crippen LogP contribution in [0.5, 0.6) is 0 Å². The number of likely N-dealkylation sites (tertiary alicyclic amines) is 2. The Labute approximate surface area is 148 Å². The van der Waals surface area contributed by atoms with Crippen molar-refractivity contribution in [3.8, 4) is 0 Å². The van der Waals surface area contributed by atoms with Crippen molar-refractivity contribution in [1.29, 1.82) is 0 Å². The van der Waals surface area contributed by atoms with E-state index in [1.807, 2.05) is 4.90 Å². The van der Waals surface area contributed by atoms with Crippen molar-refractivity contribution >= 4 is 17.8 Å². The van der Waals surface area contributed by atoms with Crippen molar-refractivity contribution in [2.45, 2.75) is 69.0 Å². The lowest BCUT2D eigenvalue weighted by Crippen LogP contribution is -2.51. The number of urea groups is 1. The van der Waals surface area contributed by atoms with Gasteiger partial charge in [-0.15, -0.1) is 0 Å². The average Bonchev–Trinajstić information content (AvgIpc) is 3.33. The van der Waals surface area contributed by atoms with Gasteiger partial charge in [0.2, 0.25) is 5.91 Å². The fraction of sp³-hybridized carbons (Fsp3) is 0.833. The van der Waals surface area contributed by atoms with Gasteiger partial charge in [-0.1, -0.05) is 12.8 Å². The summed E-state index contributed by atoms with van der Waals surface area (Å²) in [5.74, 6) is -0.279. The molecular weight excluding hydrogens is 320 g/mol. The van der Waals surface area contributed by atoms with Crippen molar-refractivity contribution in [2.24, 2.45) is 0 Å². The zero-order valence-electron chi connectivity index (χ0n) is 15.0. The van der Waals surface area contributed by atoms with Crippen molar-refractivity contribution < 1.29 is 14.4 Å². The Bertz CT molecular complexity index is 587. The number of rotatable bonds is 3. The molecule has 3 saturated heterocycles. The second kappa shape index (κ2) is 6.27. The maximum absolute atomic E-state index is 12.9. The smallest absolute Gasteiger partial charge is 0.325 e. The van der Waals surface area contributed by atoms with Crippen LogP contribution in [0.2, 0.25) is 0 Å². The van der Waals surface area contributed by atoms with E-state index in [2.05, 4.69) is 17.3 Å². The molecule has 0 radical (unpaired) electrons. The third-order valence-corrected chi connectivity index (χ3v) is 6.64. The van der Waals surface area contributed by atoms with Gasteiger partial charge < -0.3 is 15.1 Å². The average molecular weight is 348 g/mol. The highest BCUT2D eigenvalue weighted by Crippen LogP contribution is 2.35. The number of amides is 4. The number of imide groups is 1. The van der Waals surface area contributed by atoms with Crippen LogP contribution in [0.25, 0.3) is 0 Å². The van der Waals surface area contributed by atoms with Crippen LogP contribution in [0.1, 0.15) is 51.4 Å². The molecule has 1 saturated carbocycles. The van der Waals surface area contributed by atoms with Gasteiger partial charge in [0.15, 0.2) is 0 Å². The molecule has 1 aliphatic carbocycles. The topological polar surface area (TPSA) is 73.0 Å². The highest BCUT2D eigenvalue weighted by Gasteiger charge is 2.53. The first-order chi connectivity index (χ1) is 12.0. The van der Waals surface area contributed by atoms with Crippen LogP contribution in [0.3, 0.4) is 0 Å². The molecule has 25 heavy (non-hydrogen) atoms. The zero-order chi connectivity index (χ0) is 17.6. The van der Waals surface area contributed by atoms with Gasteiger partial charge in [0.05, 0.1) is 0 Å². The first-order valence-corrected chi connectivity index (χ1v) is 9.66. The molecule has 4 amide bonds. The van der Waals surface area contributed by atoms with Crippen LogP contribution in [0.4, 0.5) is 4.79 Å². The van der Waals surface area contributed by atoms with E-state index >= 15 is 0 Å². The molecule has 0 aromatic rings. The Morgan fingerprint density at radius 2 is 1.76 bits per heavy atom. The molecule has 3 aliphatic heterocycles. The molecule has 7 nitrogen and oxygen atoms in total. The van der Waals surface area contributed by atoms with Crippen molar-refractivity contribution in [1.82, 2.24) is 20.0 Å². The van der Waals surface area contributed by atoms with Crippen LogP contribution in [0.15, 0.2) is 0 Å². The van der Waals surface area contributed by atoms with Gasteiger partial charge in [-0.05, 0) is 52.1 Å². The monoisotopic (exact) mass is 348 g/mol. The molecule has 1 spiro atoms. The lowest BCUT2D eigenvalue weighted by molar-refractivity contribution is -0.140. The number of nitrogens with one attached hydrogen (secondary N) is 1. The molecular formula is C18H28N4O3. The lowest BCUT2D eigenvalue weighted by Gasteiger charge is -2.33. The number of hydrogen-bond acceptors (Lipinski definition) is 4. The van der Waals surface area contributed by atoms with Gasteiger partial charge in [0, 0.05) is 18.6 Å². The summed E-state index contributed by atoms with van der Waals surface area (Å²) in [5.41, 5.74) is -0.729. The summed E-state index contributed by atoms with van der Waals surface area (Å²) in [6.45, 7) is 1.71. The predicted octanol–water partition coefficient (Wildman–Crippen LogP) is 0.936. The molecule has 2 atom stereocenters. The van der Waals surface area contributed by atoms with E-state index in [0.29, 0.717) is 18.9 Å². The van der Waals surface area contributed by atoms with Crippen molar-refractivity contribution in [3.05, 3.63) is 0 Å². The Kier molecular flexibility index (Phi) is 4.22. The minimum atomic E-state index is -0.729. The minimum Gasteiger partial charge on any atom is -0.337 e. The number of hydrogen-bond donors (Lipinski definition) is 1. The lowest BCUT2D eigenvalue weighted by atomic mass is 9.98. The summed E-state index contributed by atoms with van der Waals surface area (Å²) >= 11 is 0. The number of carbonyl (C=O) groups excluding carboxylic acids is 3. The van der Waals surface area contributed by atoms with Crippen LogP contribution in [0, 0.1) is 0 Å². The first kappa shape index (κ1) is 16.8. The third kappa shape index (κ3) is 2.72. The van der Waals surface area contributed by atoms with Gasteiger partial charge in [-0.2, -0.15) is 0 Å². The van der Waals surface area contributed by atoms with Gasteiger partial charge in [-0.25, -0.2) is 4.79 Å². The standard InChI is InChI=1S/C18H28N4O3/c1-20-10-4-6-13(20)14-7-5-11-21(14)15(23)12-22-16(24)18(19-17(22)25)8-2-3-9-18/h13-14H,2-12H2,1H3,(H,19,25)/t13-,14-/m0/s1. The molecule has 1 N–H and O–H groups in total. The summed E-state index contributed by atoms with van der Waals surface area (Å²) in [6, 6.07) is 0.242. The van der Waals surface area contributed by atoms with Crippen LogP contribution >= 0.6 is 0 Å². The molecule has 4 aliphatic rings. The number of nitrogens with zero attached hydrogens (tertiary/aromatic N) is 3. The van der Waals surface area contributed by atoms with Crippen LogP contribution in [-0.2, 0) is 9.59 Å². The molecule has 4 rings (SSSR count). The minimum absolute atomic E-state index is 0.0821. The Hall–Kier alpha value is -1.63. The largest absolute Gasteiger partial charge is 0.337 e. The summed E-state index contributed by atoms with van der Waals surface area (Å²) in [4.78, 5) is 43.4. The van der Waals surface area contributed by atoms with Crippen LogP contribution in [-0.4, -0.2) is 76.8 Å². The second-order valence-electron chi connectivity index (χ2n) is 8.10. The van der Waals surface area contributed by atoms with E-state index in [4.69, 9.17) is 0 Å². The Morgan fingerprint density at radius 1 is 1.08 bits per heavy atom. The predicted molar refractivity (Wildman–Crippen MR) is 91.8 cm³/mol. The van der Waals surface area contributed by atoms with Crippen LogP contribution < -0.4 is 5.32 Å². The normalized spacial score (nSPS) is 32.2. The molecule has 7 heteroatoms. The van der Waals surface area contributed by atoms with Gasteiger partial charge in [0.1, 0.15) is 12.1 Å². The fourth-order valence-electron chi connectivity index (χ4n) is 5.29. The molecule has 4 fully saturated rings.